The maximum atomic E-state index is 14.0. The van der Waals surface area contributed by atoms with E-state index < -0.39 is 28.5 Å². The lowest BCUT2D eigenvalue weighted by Gasteiger charge is -2.33. The number of carbonyl (C=O) groups excluding carboxylic acids is 2. The Balaban J connectivity index is 1.66. The molecule has 1 atom stereocenters. The first kappa shape index (κ1) is 31.2. The fourth-order valence-electron chi connectivity index (χ4n) is 4.74. The second-order valence-corrected chi connectivity index (χ2v) is 12.7. The molecule has 0 aromatic heterocycles. The van der Waals surface area contributed by atoms with Gasteiger partial charge in [0.25, 0.3) is 0 Å². The van der Waals surface area contributed by atoms with Gasteiger partial charge in [-0.25, -0.2) is 8.42 Å². The van der Waals surface area contributed by atoms with E-state index in [1.807, 2.05) is 67.6 Å². The summed E-state index contributed by atoms with van der Waals surface area (Å²) in [7, 11) is -2.62. The SMILES string of the molecule is CCCCNC(=O)[C@@H](Cc1ccccc1)N(Cc1ccccc1Cl)C(=O)CN(C)S(=O)(=O)c1ccc2ccccc2c1. The first-order valence-corrected chi connectivity index (χ1v) is 15.8. The molecule has 0 spiro atoms. The Morgan fingerprint density at radius 1 is 0.881 bits per heavy atom. The first-order valence-electron chi connectivity index (χ1n) is 14.0. The van der Waals surface area contributed by atoms with Gasteiger partial charge in [0.05, 0.1) is 11.4 Å². The van der Waals surface area contributed by atoms with Crippen LogP contribution >= 0.6 is 11.6 Å². The minimum Gasteiger partial charge on any atom is -0.354 e. The number of hydrogen-bond acceptors (Lipinski definition) is 4. The Hall–Kier alpha value is -3.72. The summed E-state index contributed by atoms with van der Waals surface area (Å²) in [6.07, 6.45) is 1.97. The smallest absolute Gasteiger partial charge is 0.243 e. The van der Waals surface area contributed by atoms with Crippen molar-refractivity contribution in [1.82, 2.24) is 14.5 Å². The van der Waals surface area contributed by atoms with Crippen molar-refractivity contribution < 1.29 is 18.0 Å². The molecule has 0 saturated heterocycles. The second kappa shape index (κ2) is 14.4. The minimum atomic E-state index is -4.00. The van der Waals surface area contributed by atoms with E-state index in [0.29, 0.717) is 17.1 Å². The van der Waals surface area contributed by atoms with Crippen LogP contribution in [-0.4, -0.2) is 55.6 Å². The fraction of sp³-hybridized carbons (Fsp3) is 0.273. The molecule has 0 unspecified atom stereocenters. The van der Waals surface area contributed by atoms with Crippen molar-refractivity contribution in [2.75, 3.05) is 20.1 Å². The van der Waals surface area contributed by atoms with E-state index in [2.05, 4.69) is 5.32 Å². The molecule has 1 N–H and O–H groups in total. The van der Waals surface area contributed by atoms with Gasteiger partial charge in [-0.1, -0.05) is 104 Å². The van der Waals surface area contributed by atoms with Crippen molar-refractivity contribution in [1.29, 1.82) is 0 Å². The van der Waals surface area contributed by atoms with E-state index >= 15 is 0 Å². The summed E-state index contributed by atoms with van der Waals surface area (Å²) in [5.74, 6) is -0.805. The number of fused-ring (bicyclic) bond motifs is 1. The molecule has 0 aliphatic carbocycles. The van der Waals surface area contributed by atoms with Crippen molar-refractivity contribution in [2.24, 2.45) is 0 Å². The van der Waals surface area contributed by atoms with Crippen LogP contribution in [0, 0.1) is 0 Å². The molecule has 0 radical (unpaired) electrons. The predicted molar refractivity (Wildman–Crippen MR) is 168 cm³/mol. The Morgan fingerprint density at radius 3 is 2.26 bits per heavy atom. The molecule has 9 heteroatoms. The van der Waals surface area contributed by atoms with Crippen molar-refractivity contribution in [3.63, 3.8) is 0 Å². The molecular formula is C33H36ClN3O4S. The number of rotatable bonds is 13. The molecule has 0 heterocycles. The number of benzene rings is 4. The Kier molecular flexibility index (Phi) is 10.7. The number of carbonyl (C=O) groups is 2. The molecular weight excluding hydrogens is 570 g/mol. The van der Waals surface area contributed by atoms with Crippen molar-refractivity contribution in [3.05, 3.63) is 113 Å². The van der Waals surface area contributed by atoms with E-state index in [1.165, 1.54) is 11.9 Å². The summed E-state index contributed by atoms with van der Waals surface area (Å²) in [6.45, 7) is 2.10. The monoisotopic (exact) mass is 605 g/mol. The summed E-state index contributed by atoms with van der Waals surface area (Å²) < 4.78 is 28.2. The number of likely N-dealkylation sites (N-methyl/N-ethyl adjacent to an activating group) is 1. The number of hydrogen-bond donors (Lipinski definition) is 1. The van der Waals surface area contributed by atoms with Crippen molar-refractivity contribution >= 4 is 44.2 Å². The van der Waals surface area contributed by atoms with Crippen molar-refractivity contribution in [3.8, 4) is 0 Å². The summed E-state index contributed by atoms with van der Waals surface area (Å²) in [6, 6.07) is 28.1. The highest BCUT2D eigenvalue weighted by atomic mass is 35.5. The number of nitrogens with one attached hydrogen (secondary N) is 1. The number of halogens is 1. The quantitative estimate of drug-likeness (QED) is 0.199. The van der Waals surface area contributed by atoms with Crippen LogP contribution in [0.1, 0.15) is 30.9 Å². The lowest BCUT2D eigenvalue weighted by atomic mass is 10.0. The maximum absolute atomic E-state index is 14.0. The van der Waals surface area contributed by atoms with Crippen LogP contribution in [0.3, 0.4) is 0 Å². The molecule has 7 nitrogen and oxygen atoms in total. The van der Waals surface area contributed by atoms with Crippen LogP contribution < -0.4 is 5.32 Å². The molecule has 0 saturated carbocycles. The van der Waals surface area contributed by atoms with Gasteiger partial charge in [0.1, 0.15) is 6.04 Å². The largest absolute Gasteiger partial charge is 0.354 e. The Morgan fingerprint density at radius 2 is 1.55 bits per heavy atom. The average molecular weight is 606 g/mol. The van der Waals surface area contributed by atoms with Crippen LogP contribution in [0.5, 0.6) is 0 Å². The van der Waals surface area contributed by atoms with Gasteiger partial charge in [0.15, 0.2) is 0 Å². The molecule has 2 amide bonds. The van der Waals surface area contributed by atoms with Crippen molar-refractivity contribution in [2.45, 2.75) is 43.7 Å². The van der Waals surface area contributed by atoms with Crippen LogP contribution in [0.25, 0.3) is 10.8 Å². The first-order chi connectivity index (χ1) is 20.2. The molecule has 220 valence electrons. The number of unbranched alkanes of at least 4 members (excludes halogenated alkanes) is 1. The van der Waals surface area contributed by atoms with Gasteiger partial charge in [0, 0.05) is 31.6 Å². The Labute approximate surface area is 253 Å². The van der Waals surface area contributed by atoms with Gasteiger partial charge in [-0.05, 0) is 46.5 Å². The number of nitrogens with zero attached hydrogens (tertiary/aromatic N) is 2. The number of sulfonamides is 1. The van der Waals surface area contributed by atoms with Crippen LogP contribution in [0.15, 0.2) is 102 Å². The van der Waals surface area contributed by atoms with Gasteiger partial charge < -0.3 is 10.2 Å². The molecule has 4 aromatic rings. The average Bonchev–Trinajstić information content (AvgIpc) is 3.00. The van der Waals surface area contributed by atoms with E-state index in [9.17, 15) is 18.0 Å². The topological polar surface area (TPSA) is 86.8 Å². The molecule has 0 aliphatic rings. The summed E-state index contributed by atoms with van der Waals surface area (Å²) in [5, 5.41) is 5.12. The van der Waals surface area contributed by atoms with E-state index in [4.69, 9.17) is 11.6 Å². The summed E-state index contributed by atoms with van der Waals surface area (Å²) >= 11 is 6.48. The third-order valence-corrected chi connectivity index (χ3v) is 9.35. The second-order valence-electron chi connectivity index (χ2n) is 10.2. The maximum Gasteiger partial charge on any atom is 0.243 e. The molecule has 0 bridgehead atoms. The fourth-order valence-corrected chi connectivity index (χ4v) is 6.10. The zero-order valence-corrected chi connectivity index (χ0v) is 25.4. The van der Waals surface area contributed by atoms with Gasteiger partial charge in [0.2, 0.25) is 21.8 Å². The lowest BCUT2D eigenvalue weighted by molar-refractivity contribution is -0.141. The molecule has 42 heavy (non-hydrogen) atoms. The highest BCUT2D eigenvalue weighted by Gasteiger charge is 2.33. The highest BCUT2D eigenvalue weighted by Crippen LogP contribution is 2.23. The van der Waals surface area contributed by atoms with Gasteiger partial charge in [-0.3, -0.25) is 9.59 Å². The predicted octanol–water partition coefficient (Wildman–Crippen LogP) is 5.67. The standard InChI is InChI=1S/C33H36ClN3O4S/c1-3-4-20-35-33(39)31(21-25-12-6-5-7-13-25)37(23-28-16-10-11-17-30(28)34)32(38)24-36(2)42(40,41)29-19-18-26-14-8-9-15-27(26)22-29/h5-19,22,31H,3-4,20-21,23-24H2,1-2H3,(H,35,39)/t31-/m1/s1. The molecule has 0 fully saturated rings. The highest BCUT2D eigenvalue weighted by molar-refractivity contribution is 7.89. The zero-order valence-electron chi connectivity index (χ0n) is 23.9. The third kappa shape index (κ3) is 7.76. The van der Waals surface area contributed by atoms with Gasteiger partial charge >= 0.3 is 0 Å². The van der Waals surface area contributed by atoms with Gasteiger partial charge in [-0.2, -0.15) is 4.31 Å². The van der Waals surface area contributed by atoms with E-state index in [0.717, 1.165) is 33.5 Å². The van der Waals surface area contributed by atoms with Crippen LogP contribution in [0.4, 0.5) is 0 Å². The molecule has 4 rings (SSSR count). The Bertz CT molecular complexity index is 1630. The van der Waals surface area contributed by atoms with Crippen LogP contribution in [0.2, 0.25) is 5.02 Å². The summed E-state index contributed by atoms with van der Waals surface area (Å²) in [4.78, 5) is 29.2. The summed E-state index contributed by atoms with van der Waals surface area (Å²) in [5.41, 5.74) is 1.54. The molecule has 4 aromatic carbocycles. The normalized spacial score (nSPS) is 12.3. The number of amides is 2. The van der Waals surface area contributed by atoms with Crippen LogP contribution in [-0.2, 0) is 32.6 Å². The minimum absolute atomic E-state index is 0.0427. The zero-order chi connectivity index (χ0) is 30.1. The van der Waals surface area contributed by atoms with E-state index in [1.54, 1.807) is 36.4 Å². The molecule has 0 aliphatic heterocycles. The van der Waals surface area contributed by atoms with E-state index in [-0.39, 0.29) is 23.8 Å². The third-order valence-electron chi connectivity index (χ3n) is 7.19. The lowest BCUT2D eigenvalue weighted by Crippen LogP contribution is -2.53. The van der Waals surface area contributed by atoms with Gasteiger partial charge in [-0.15, -0.1) is 0 Å².